The van der Waals surface area contributed by atoms with E-state index < -0.39 is 21.8 Å². The number of alkyl halides is 3. The molecular formula is C27H29F3N2O2S. The number of nitrogens with zero attached hydrogens (tertiary/aromatic N) is 2. The zero-order valence-electron chi connectivity index (χ0n) is 19.8. The van der Waals surface area contributed by atoms with Crippen molar-refractivity contribution in [1.82, 2.24) is 4.90 Å². The van der Waals surface area contributed by atoms with Crippen LogP contribution in [0.2, 0.25) is 0 Å². The molecule has 4 nitrogen and oxygen atoms in total. The minimum Gasteiger partial charge on any atom is -0.299 e. The lowest BCUT2D eigenvalue weighted by Crippen LogP contribution is -2.47. The molecule has 0 aliphatic carbocycles. The number of likely N-dealkylation sites (tertiary alicyclic amines) is 1. The minimum atomic E-state index is -4.35. The third-order valence-corrected chi connectivity index (χ3v) is 8.29. The summed E-state index contributed by atoms with van der Waals surface area (Å²) >= 11 is 0. The van der Waals surface area contributed by atoms with Gasteiger partial charge in [-0.05, 0) is 74.2 Å². The average molecular weight is 503 g/mol. The van der Waals surface area contributed by atoms with Gasteiger partial charge in [0.05, 0.1) is 16.1 Å². The van der Waals surface area contributed by atoms with Gasteiger partial charge in [-0.2, -0.15) is 13.2 Å². The molecule has 35 heavy (non-hydrogen) atoms. The highest BCUT2D eigenvalue weighted by Crippen LogP contribution is 2.32. The second-order valence-corrected chi connectivity index (χ2v) is 11.0. The summed E-state index contributed by atoms with van der Waals surface area (Å²) in [7, 11) is -3.78. The van der Waals surface area contributed by atoms with E-state index in [-0.39, 0.29) is 10.9 Å². The van der Waals surface area contributed by atoms with Crippen molar-refractivity contribution in [2.45, 2.75) is 50.3 Å². The Morgan fingerprint density at radius 2 is 1.51 bits per heavy atom. The molecule has 1 aliphatic rings. The molecule has 8 heteroatoms. The normalized spacial score (nSPS) is 15.8. The van der Waals surface area contributed by atoms with Gasteiger partial charge < -0.3 is 0 Å². The van der Waals surface area contributed by atoms with Crippen molar-refractivity contribution >= 4 is 15.7 Å². The van der Waals surface area contributed by atoms with Crippen LogP contribution < -0.4 is 4.31 Å². The number of halogens is 3. The number of piperidine rings is 1. The number of hydrogen-bond acceptors (Lipinski definition) is 3. The van der Waals surface area contributed by atoms with Crippen LogP contribution in [0.5, 0.6) is 0 Å². The van der Waals surface area contributed by atoms with Gasteiger partial charge in [-0.1, -0.05) is 42.0 Å². The zero-order chi connectivity index (χ0) is 25.2. The maximum absolute atomic E-state index is 13.8. The molecule has 0 bridgehead atoms. The zero-order valence-corrected chi connectivity index (χ0v) is 20.6. The molecule has 0 spiro atoms. The van der Waals surface area contributed by atoms with E-state index in [4.69, 9.17) is 0 Å². The van der Waals surface area contributed by atoms with Crippen LogP contribution in [0.4, 0.5) is 18.9 Å². The van der Waals surface area contributed by atoms with Crippen LogP contribution in [-0.2, 0) is 22.7 Å². The maximum Gasteiger partial charge on any atom is 0.416 e. The van der Waals surface area contributed by atoms with Gasteiger partial charge in [-0.3, -0.25) is 9.21 Å². The summed E-state index contributed by atoms with van der Waals surface area (Å²) < 4.78 is 67.6. The van der Waals surface area contributed by atoms with Gasteiger partial charge in [0.1, 0.15) is 0 Å². The van der Waals surface area contributed by atoms with Gasteiger partial charge >= 0.3 is 6.18 Å². The number of aryl methyl sites for hydroxylation is 2. The van der Waals surface area contributed by atoms with E-state index >= 15 is 0 Å². The van der Waals surface area contributed by atoms with E-state index in [9.17, 15) is 21.6 Å². The van der Waals surface area contributed by atoms with E-state index in [1.165, 1.54) is 12.1 Å². The van der Waals surface area contributed by atoms with Crippen LogP contribution in [0.3, 0.4) is 0 Å². The van der Waals surface area contributed by atoms with Crippen molar-refractivity contribution in [2.24, 2.45) is 0 Å². The van der Waals surface area contributed by atoms with Crippen molar-refractivity contribution in [3.8, 4) is 0 Å². The predicted molar refractivity (Wildman–Crippen MR) is 132 cm³/mol. The predicted octanol–water partition coefficient (Wildman–Crippen LogP) is 6.18. The smallest absolute Gasteiger partial charge is 0.299 e. The van der Waals surface area contributed by atoms with E-state index in [0.717, 1.165) is 28.8 Å². The monoisotopic (exact) mass is 502 g/mol. The van der Waals surface area contributed by atoms with E-state index in [2.05, 4.69) is 4.90 Å². The summed E-state index contributed by atoms with van der Waals surface area (Å²) in [5.41, 5.74) is 2.71. The average Bonchev–Trinajstić information content (AvgIpc) is 2.81. The number of rotatable bonds is 6. The van der Waals surface area contributed by atoms with Crippen LogP contribution in [-0.4, -0.2) is 32.4 Å². The molecular weight excluding hydrogens is 473 g/mol. The van der Waals surface area contributed by atoms with Crippen molar-refractivity contribution in [1.29, 1.82) is 0 Å². The minimum absolute atomic E-state index is 0.216. The fraction of sp³-hybridized carbons (Fsp3) is 0.333. The first-order chi connectivity index (χ1) is 16.5. The molecule has 1 saturated heterocycles. The standard InChI is InChI=1S/C27H29F3N2O2S/c1-20-6-12-24(13-7-20)32(35(33,34)26-5-3-4-21(2)18-26)25-14-16-31(17-15-25)19-22-8-10-23(11-9-22)27(28,29)30/h3-13,18,25H,14-17,19H2,1-2H3. The fourth-order valence-corrected chi connectivity index (χ4v) is 6.31. The molecule has 0 atom stereocenters. The van der Waals surface area contributed by atoms with Crippen molar-refractivity contribution < 1.29 is 21.6 Å². The molecule has 0 radical (unpaired) electrons. The van der Waals surface area contributed by atoms with Crippen LogP contribution in [0, 0.1) is 13.8 Å². The van der Waals surface area contributed by atoms with Gasteiger partial charge in [0.25, 0.3) is 10.0 Å². The Hall–Kier alpha value is -2.84. The van der Waals surface area contributed by atoms with Crippen molar-refractivity contribution in [3.05, 3.63) is 95.1 Å². The molecule has 1 heterocycles. The largest absolute Gasteiger partial charge is 0.416 e. The SMILES string of the molecule is Cc1ccc(N(C2CCN(Cc3ccc(C(F)(F)F)cc3)CC2)S(=O)(=O)c2cccc(C)c2)cc1. The number of sulfonamides is 1. The molecule has 1 fully saturated rings. The summed E-state index contributed by atoms with van der Waals surface area (Å²) in [5.74, 6) is 0. The molecule has 3 aromatic carbocycles. The molecule has 0 amide bonds. The van der Waals surface area contributed by atoms with Gasteiger partial charge in [0.2, 0.25) is 0 Å². The second kappa shape index (κ2) is 10.0. The van der Waals surface area contributed by atoms with Crippen LogP contribution in [0.15, 0.2) is 77.7 Å². The first-order valence-corrected chi connectivity index (χ1v) is 13.0. The van der Waals surface area contributed by atoms with Gasteiger partial charge in [-0.25, -0.2) is 8.42 Å². The van der Waals surface area contributed by atoms with Gasteiger partial charge in [0.15, 0.2) is 0 Å². The summed E-state index contributed by atoms with van der Waals surface area (Å²) in [5, 5.41) is 0. The van der Waals surface area contributed by atoms with Gasteiger partial charge in [0, 0.05) is 25.7 Å². The molecule has 0 unspecified atom stereocenters. The van der Waals surface area contributed by atoms with E-state index in [1.807, 2.05) is 44.2 Å². The third kappa shape index (κ3) is 5.87. The van der Waals surface area contributed by atoms with Crippen LogP contribution in [0.25, 0.3) is 0 Å². The Balaban J connectivity index is 1.52. The summed E-state index contributed by atoms with van der Waals surface area (Å²) in [6, 6.07) is 19.5. The lowest BCUT2D eigenvalue weighted by molar-refractivity contribution is -0.137. The third-order valence-electron chi connectivity index (χ3n) is 6.41. The Morgan fingerprint density at radius 1 is 0.886 bits per heavy atom. The highest BCUT2D eigenvalue weighted by atomic mass is 32.2. The first kappa shape index (κ1) is 25.3. The molecule has 0 aromatic heterocycles. The van der Waals surface area contributed by atoms with Crippen molar-refractivity contribution in [2.75, 3.05) is 17.4 Å². The second-order valence-electron chi connectivity index (χ2n) is 9.15. The molecule has 0 N–H and O–H groups in total. The molecule has 0 saturated carbocycles. The lowest BCUT2D eigenvalue weighted by Gasteiger charge is -2.39. The first-order valence-electron chi connectivity index (χ1n) is 11.6. The van der Waals surface area contributed by atoms with E-state index in [1.54, 1.807) is 22.5 Å². The number of benzene rings is 3. The lowest BCUT2D eigenvalue weighted by atomic mass is 10.0. The maximum atomic E-state index is 13.8. The molecule has 186 valence electrons. The fourth-order valence-electron chi connectivity index (χ4n) is 4.50. The molecule has 1 aliphatic heterocycles. The van der Waals surface area contributed by atoms with Crippen LogP contribution >= 0.6 is 0 Å². The van der Waals surface area contributed by atoms with Gasteiger partial charge in [-0.15, -0.1) is 0 Å². The van der Waals surface area contributed by atoms with Crippen molar-refractivity contribution in [3.63, 3.8) is 0 Å². The molecule has 4 rings (SSSR count). The quantitative estimate of drug-likeness (QED) is 0.404. The summed E-state index contributed by atoms with van der Waals surface area (Å²) in [6.07, 6.45) is -3.10. The number of anilines is 1. The van der Waals surface area contributed by atoms with Crippen LogP contribution in [0.1, 0.15) is 35.1 Å². The Bertz CT molecular complexity index is 1250. The Kier molecular flexibility index (Phi) is 7.24. The summed E-state index contributed by atoms with van der Waals surface area (Å²) in [6.45, 7) is 5.66. The Labute approximate surface area is 205 Å². The highest BCUT2D eigenvalue weighted by Gasteiger charge is 2.34. The Morgan fingerprint density at radius 3 is 2.09 bits per heavy atom. The summed E-state index contributed by atoms with van der Waals surface area (Å²) in [4.78, 5) is 2.43. The highest BCUT2D eigenvalue weighted by molar-refractivity contribution is 7.92. The number of hydrogen-bond donors (Lipinski definition) is 0. The molecule has 3 aromatic rings. The topological polar surface area (TPSA) is 40.6 Å². The van der Waals surface area contributed by atoms with E-state index in [0.29, 0.717) is 38.2 Å².